The van der Waals surface area contributed by atoms with E-state index in [0.29, 0.717) is 22.0 Å². The lowest BCUT2D eigenvalue weighted by molar-refractivity contribution is 0.102. The van der Waals surface area contributed by atoms with Crippen molar-refractivity contribution in [3.8, 4) is 11.3 Å². The van der Waals surface area contributed by atoms with Gasteiger partial charge in [0.25, 0.3) is 5.91 Å². The van der Waals surface area contributed by atoms with E-state index in [0.717, 1.165) is 30.1 Å². The van der Waals surface area contributed by atoms with Crippen LogP contribution in [0.2, 0.25) is 0 Å². The Hall–Kier alpha value is -2.22. The normalized spacial score (nSPS) is 16.2. The second-order valence-electron chi connectivity index (χ2n) is 6.44. The number of carbonyl (C=O) groups excluding carboxylic acids is 1. The summed E-state index contributed by atoms with van der Waals surface area (Å²) in [7, 11) is 0. The zero-order chi connectivity index (χ0) is 19.3. The van der Waals surface area contributed by atoms with Crippen molar-refractivity contribution in [2.24, 2.45) is 0 Å². The largest absolute Gasteiger partial charge is 0.377 e. The third-order valence-electron chi connectivity index (χ3n) is 4.43. The summed E-state index contributed by atoms with van der Waals surface area (Å²) in [6.45, 7) is 0.824. The van der Waals surface area contributed by atoms with Crippen LogP contribution in [-0.4, -0.2) is 29.4 Å². The third-order valence-corrected chi connectivity index (χ3v) is 6.39. The first-order valence-corrected chi connectivity index (χ1v) is 10.9. The molecule has 1 saturated heterocycles. The SMILES string of the molecule is O=C(Nc1nc(-c2cccc(F)c2)cs1)c1ccccc1SCC1CCCO1. The van der Waals surface area contributed by atoms with E-state index in [1.807, 2.05) is 29.6 Å². The first kappa shape index (κ1) is 19.1. The zero-order valence-electron chi connectivity index (χ0n) is 15.1. The molecule has 1 aromatic heterocycles. The van der Waals surface area contributed by atoms with Crippen LogP contribution in [0.1, 0.15) is 23.2 Å². The lowest BCUT2D eigenvalue weighted by Gasteiger charge is -2.11. The molecule has 0 bridgehead atoms. The molecule has 0 aliphatic carbocycles. The molecule has 1 amide bonds. The number of carbonyl (C=O) groups is 1. The predicted molar refractivity (Wildman–Crippen MR) is 112 cm³/mol. The highest BCUT2D eigenvalue weighted by Crippen LogP contribution is 2.29. The van der Waals surface area contributed by atoms with Gasteiger partial charge in [-0.3, -0.25) is 10.1 Å². The number of nitrogens with zero attached hydrogens (tertiary/aromatic N) is 1. The van der Waals surface area contributed by atoms with E-state index in [-0.39, 0.29) is 17.8 Å². The monoisotopic (exact) mass is 414 g/mol. The second kappa shape index (κ2) is 8.86. The maximum absolute atomic E-state index is 13.4. The summed E-state index contributed by atoms with van der Waals surface area (Å²) in [5.74, 6) is 0.328. The Morgan fingerprint density at radius 3 is 3.00 bits per heavy atom. The minimum absolute atomic E-state index is 0.199. The number of hydrogen-bond donors (Lipinski definition) is 1. The number of ether oxygens (including phenoxy) is 1. The van der Waals surface area contributed by atoms with Crippen molar-refractivity contribution < 1.29 is 13.9 Å². The van der Waals surface area contributed by atoms with Crippen molar-refractivity contribution in [1.29, 1.82) is 0 Å². The number of thioether (sulfide) groups is 1. The minimum atomic E-state index is -0.312. The Kier molecular flexibility index (Phi) is 6.04. The van der Waals surface area contributed by atoms with Crippen molar-refractivity contribution in [1.82, 2.24) is 4.98 Å². The molecule has 7 heteroatoms. The van der Waals surface area contributed by atoms with E-state index >= 15 is 0 Å². The van der Waals surface area contributed by atoms with Crippen LogP contribution >= 0.6 is 23.1 Å². The Bertz CT molecular complexity index is 970. The molecule has 1 aliphatic rings. The van der Waals surface area contributed by atoms with Crippen molar-refractivity contribution in [3.63, 3.8) is 0 Å². The van der Waals surface area contributed by atoms with Crippen LogP contribution in [0.25, 0.3) is 11.3 Å². The number of hydrogen-bond acceptors (Lipinski definition) is 5. The lowest BCUT2D eigenvalue weighted by atomic mass is 10.2. The Balaban J connectivity index is 1.45. The van der Waals surface area contributed by atoms with Gasteiger partial charge in [-0.25, -0.2) is 9.37 Å². The summed E-state index contributed by atoms with van der Waals surface area (Å²) in [5.41, 5.74) is 1.94. The van der Waals surface area contributed by atoms with E-state index in [2.05, 4.69) is 10.3 Å². The molecular formula is C21H19FN2O2S2. The van der Waals surface area contributed by atoms with Crippen molar-refractivity contribution in [2.45, 2.75) is 23.8 Å². The quantitative estimate of drug-likeness (QED) is 0.543. The molecule has 0 radical (unpaired) electrons. The molecule has 3 aromatic rings. The molecular weight excluding hydrogens is 395 g/mol. The number of amides is 1. The van der Waals surface area contributed by atoms with Crippen LogP contribution in [0.4, 0.5) is 9.52 Å². The third kappa shape index (κ3) is 4.60. The van der Waals surface area contributed by atoms with E-state index in [1.165, 1.54) is 23.5 Å². The van der Waals surface area contributed by atoms with Gasteiger partial charge in [-0.15, -0.1) is 23.1 Å². The van der Waals surface area contributed by atoms with Crippen LogP contribution in [0.3, 0.4) is 0 Å². The van der Waals surface area contributed by atoms with Crippen LogP contribution in [-0.2, 0) is 4.74 Å². The van der Waals surface area contributed by atoms with Crippen LogP contribution in [0.15, 0.2) is 58.8 Å². The summed E-state index contributed by atoms with van der Waals surface area (Å²) < 4.78 is 19.1. The molecule has 1 unspecified atom stereocenters. The van der Waals surface area contributed by atoms with E-state index in [4.69, 9.17) is 4.74 Å². The molecule has 0 saturated carbocycles. The summed E-state index contributed by atoms with van der Waals surface area (Å²) in [6.07, 6.45) is 2.43. The van der Waals surface area contributed by atoms with Gasteiger partial charge in [0, 0.05) is 28.2 Å². The maximum Gasteiger partial charge on any atom is 0.258 e. The fourth-order valence-electron chi connectivity index (χ4n) is 3.01. The Morgan fingerprint density at radius 1 is 1.29 bits per heavy atom. The molecule has 2 aromatic carbocycles. The van der Waals surface area contributed by atoms with Gasteiger partial charge in [0.1, 0.15) is 5.82 Å². The van der Waals surface area contributed by atoms with Crippen LogP contribution in [0, 0.1) is 5.82 Å². The number of anilines is 1. The predicted octanol–water partition coefficient (Wildman–Crippen LogP) is 5.47. The highest BCUT2D eigenvalue weighted by molar-refractivity contribution is 7.99. The van der Waals surface area contributed by atoms with Crippen LogP contribution in [0.5, 0.6) is 0 Å². The summed E-state index contributed by atoms with van der Waals surface area (Å²) >= 11 is 2.96. The molecule has 2 heterocycles. The number of thiazole rings is 1. The van der Waals surface area contributed by atoms with Gasteiger partial charge < -0.3 is 4.74 Å². The lowest BCUT2D eigenvalue weighted by Crippen LogP contribution is -2.14. The van der Waals surface area contributed by atoms with E-state index in [9.17, 15) is 9.18 Å². The number of benzene rings is 2. The second-order valence-corrected chi connectivity index (χ2v) is 8.36. The molecule has 4 nitrogen and oxygen atoms in total. The van der Waals surface area contributed by atoms with Gasteiger partial charge in [-0.1, -0.05) is 24.3 Å². The molecule has 1 fully saturated rings. The number of nitrogens with one attached hydrogen (secondary N) is 1. The summed E-state index contributed by atoms with van der Waals surface area (Å²) in [5, 5.41) is 5.16. The first-order valence-electron chi connectivity index (χ1n) is 9.05. The summed E-state index contributed by atoms with van der Waals surface area (Å²) in [6, 6.07) is 13.8. The molecule has 1 N–H and O–H groups in total. The van der Waals surface area contributed by atoms with Crippen molar-refractivity contribution >= 4 is 34.1 Å². The van der Waals surface area contributed by atoms with Gasteiger partial charge in [0.15, 0.2) is 5.13 Å². The minimum Gasteiger partial charge on any atom is -0.377 e. The average molecular weight is 415 g/mol. The molecule has 28 heavy (non-hydrogen) atoms. The smallest absolute Gasteiger partial charge is 0.258 e. The highest BCUT2D eigenvalue weighted by Gasteiger charge is 2.18. The van der Waals surface area contributed by atoms with Crippen molar-refractivity contribution in [3.05, 3.63) is 65.3 Å². The van der Waals surface area contributed by atoms with Gasteiger partial charge >= 0.3 is 0 Å². The fraction of sp³-hybridized carbons (Fsp3) is 0.238. The molecule has 0 spiro atoms. The van der Waals surface area contributed by atoms with Gasteiger partial charge in [0.05, 0.1) is 17.4 Å². The van der Waals surface area contributed by atoms with Gasteiger partial charge in [-0.05, 0) is 37.1 Å². The summed E-state index contributed by atoms with van der Waals surface area (Å²) in [4.78, 5) is 18.1. The van der Waals surface area contributed by atoms with E-state index in [1.54, 1.807) is 23.9 Å². The zero-order valence-corrected chi connectivity index (χ0v) is 16.7. The molecule has 1 atom stereocenters. The van der Waals surface area contributed by atoms with Crippen molar-refractivity contribution in [2.75, 3.05) is 17.7 Å². The van der Waals surface area contributed by atoms with Crippen LogP contribution < -0.4 is 5.32 Å². The molecule has 144 valence electrons. The number of aromatic nitrogens is 1. The standard InChI is InChI=1S/C21H19FN2O2S2/c22-15-6-3-5-14(11-15)18-13-28-21(23-18)24-20(25)17-8-1-2-9-19(17)27-12-16-7-4-10-26-16/h1-3,5-6,8-9,11,13,16H,4,7,10,12H2,(H,23,24,25). The van der Waals surface area contributed by atoms with Gasteiger partial charge in [0.2, 0.25) is 0 Å². The average Bonchev–Trinajstić information content (AvgIpc) is 3.39. The Labute approximate surface area is 171 Å². The maximum atomic E-state index is 13.4. The fourth-order valence-corrected chi connectivity index (χ4v) is 4.85. The molecule has 4 rings (SSSR count). The van der Waals surface area contributed by atoms with E-state index < -0.39 is 0 Å². The number of rotatable bonds is 6. The first-order chi connectivity index (χ1) is 13.7. The molecule has 1 aliphatic heterocycles. The highest BCUT2D eigenvalue weighted by atomic mass is 32.2. The number of halogens is 1. The van der Waals surface area contributed by atoms with Gasteiger partial charge in [-0.2, -0.15) is 0 Å². The topological polar surface area (TPSA) is 51.2 Å². The Morgan fingerprint density at radius 2 is 2.18 bits per heavy atom.